The third kappa shape index (κ3) is 3.39. The maximum atomic E-state index is 11.8. The third-order valence-corrected chi connectivity index (χ3v) is 2.88. The summed E-state index contributed by atoms with van der Waals surface area (Å²) in [6, 6.07) is 6.34. The Labute approximate surface area is 118 Å². The number of carbonyl (C=O) groups is 1. The lowest BCUT2D eigenvalue weighted by Crippen LogP contribution is -2.36. The molecule has 1 amide bonds. The Morgan fingerprint density at radius 3 is 2.50 bits per heavy atom. The molecule has 0 heterocycles. The van der Waals surface area contributed by atoms with Crippen LogP contribution in [-0.2, 0) is 9.53 Å². The van der Waals surface area contributed by atoms with Gasteiger partial charge in [0.05, 0.1) is 20.3 Å². The van der Waals surface area contributed by atoms with Crippen LogP contribution >= 0.6 is 0 Å². The molecular weight excluding hydrogens is 260 g/mol. The SMILES string of the molecule is COc1cccc([C@@H](C#N)NC(=O)[C@@H](C)OC)c1OC. The molecule has 6 heteroatoms. The molecule has 0 aliphatic heterocycles. The first-order valence-electron chi connectivity index (χ1n) is 6.02. The highest BCUT2D eigenvalue weighted by Crippen LogP contribution is 2.34. The van der Waals surface area contributed by atoms with Crippen LogP contribution in [0.5, 0.6) is 11.5 Å². The van der Waals surface area contributed by atoms with Crippen LogP contribution in [0, 0.1) is 11.3 Å². The number of rotatable bonds is 6. The highest BCUT2D eigenvalue weighted by Gasteiger charge is 2.22. The molecule has 0 saturated heterocycles. The number of benzene rings is 1. The molecular formula is C14H18N2O4. The van der Waals surface area contributed by atoms with Crippen molar-refractivity contribution in [3.8, 4) is 17.6 Å². The lowest BCUT2D eigenvalue weighted by atomic mass is 10.1. The van der Waals surface area contributed by atoms with Crippen molar-refractivity contribution in [3.05, 3.63) is 23.8 Å². The quantitative estimate of drug-likeness (QED) is 0.851. The van der Waals surface area contributed by atoms with E-state index in [1.54, 1.807) is 25.1 Å². The minimum Gasteiger partial charge on any atom is -0.493 e. The van der Waals surface area contributed by atoms with Crippen LogP contribution in [0.25, 0.3) is 0 Å². The average molecular weight is 278 g/mol. The summed E-state index contributed by atoms with van der Waals surface area (Å²) in [4.78, 5) is 11.8. The number of methoxy groups -OCH3 is 3. The summed E-state index contributed by atoms with van der Waals surface area (Å²) in [5.41, 5.74) is 0.533. The van der Waals surface area contributed by atoms with Crippen LogP contribution in [-0.4, -0.2) is 33.3 Å². The first kappa shape index (κ1) is 15.8. The van der Waals surface area contributed by atoms with E-state index in [4.69, 9.17) is 14.2 Å². The predicted molar refractivity (Wildman–Crippen MR) is 72.5 cm³/mol. The van der Waals surface area contributed by atoms with E-state index in [0.29, 0.717) is 17.1 Å². The van der Waals surface area contributed by atoms with Gasteiger partial charge in [-0.3, -0.25) is 4.79 Å². The summed E-state index contributed by atoms with van der Waals surface area (Å²) in [5, 5.41) is 11.9. The topological polar surface area (TPSA) is 80.6 Å². The van der Waals surface area contributed by atoms with Crippen LogP contribution in [0.1, 0.15) is 18.5 Å². The van der Waals surface area contributed by atoms with Crippen molar-refractivity contribution >= 4 is 5.91 Å². The fraction of sp³-hybridized carbons (Fsp3) is 0.429. The molecule has 6 nitrogen and oxygen atoms in total. The van der Waals surface area contributed by atoms with E-state index in [9.17, 15) is 10.1 Å². The summed E-state index contributed by atoms with van der Waals surface area (Å²) in [6.07, 6.45) is -0.637. The highest BCUT2D eigenvalue weighted by molar-refractivity contribution is 5.81. The Balaban J connectivity index is 3.08. The molecule has 0 unspecified atom stereocenters. The first-order valence-corrected chi connectivity index (χ1v) is 6.02. The van der Waals surface area contributed by atoms with E-state index >= 15 is 0 Å². The minimum atomic E-state index is -0.842. The molecule has 0 aliphatic carbocycles. The molecule has 0 radical (unpaired) electrons. The van der Waals surface area contributed by atoms with E-state index in [-0.39, 0.29) is 5.91 Å². The van der Waals surface area contributed by atoms with Gasteiger partial charge in [0.1, 0.15) is 12.1 Å². The number of nitrogens with one attached hydrogen (secondary N) is 1. The van der Waals surface area contributed by atoms with Gasteiger partial charge in [-0.15, -0.1) is 0 Å². The molecule has 1 rings (SSSR count). The van der Waals surface area contributed by atoms with Crippen LogP contribution in [0.3, 0.4) is 0 Å². The zero-order chi connectivity index (χ0) is 15.1. The third-order valence-electron chi connectivity index (χ3n) is 2.88. The van der Waals surface area contributed by atoms with Gasteiger partial charge in [-0.25, -0.2) is 0 Å². The molecule has 108 valence electrons. The smallest absolute Gasteiger partial charge is 0.250 e. The lowest BCUT2D eigenvalue weighted by Gasteiger charge is -2.18. The van der Waals surface area contributed by atoms with Crippen LogP contribution in [0.15, 0.2) is 18.2 Å². The Morgan fingerprint density at radius 1 is 1.30 bits per heavy atom. The van der Waals surface area contributed by atoms with E-state index in [2.05, 4.69) is 5.32 Å². The summed E-state index contributed by atoms with van der Waals surface area (Å²) in [6.45, 7) is 1.60. The van der Waals surface area contributed by atoms with Gasteiger partial charge in [0, 0.05) is 12.7 Å². The zero-order valence-electron chi connectivity index (χ0n) is 12.0. The molecule has 1 aromatic carbocycles. The molecule has 1 aromatic rings. The summed E-state index contributed by atoms with van der Waals surface area (Å²) in [7, 11) is 4.42. The van der Waals surface area contributed by atoms with Crippen molar-refractivity contribution < 1.29 is 19.0 Å². The van der Waals surface area contributed by atoms with Crippen molar-refractivity contribution in [2.45, 2.75) is 19.1 Å². The molecule has 0 spiro atoms. The van der Waals surface area contributed by atoms with Crippen LogP contribution < -0.4 is 14.8 Å². The van der Waals surface area contributed by atoms with Gasteiger partial charge in [-0.05, 0) is 13.0 Å². The zero-order valence-corrected chi connectivity index (χ0v) is 12.0. The van der Waals surface area contributed by atoms with Crippen molar-refractivity contribution in [2.24, 2.45) is 0 Å². The number of nitriles is 1. The van der Waals surface area contributed by atoms with Crippen molar-refractivity contribution in [1.82, 2.24) is 5.32 Å². The molecule has 0 saturated carbocycles. The standard InChI is InChI=1S/C14H18N2O4/c1-9(18-2)14(17)16-11(8-15)10-6-5-7-12(19-3)13(10)20-4/h5-7,9,11H,1-4H3,(H,16,17)/t9-,11-/m1/s1. The second-order valence-corrected chi connectivity index (χ2v) is 4.03. The van der Waals surface area contributed by atoms with Crippen molar-refractivity contribution in [3.63, 3.8) is 0 Å². The summed E-state index contributed by atoms with van der Waals surface area (Å²) < 4.78 is 15.4. The Hall–Kier alpha value is -2.26. The maximum Gasteiger partial charge on any atom is 0.250 e. The largest absolute Gasteiger partial charge is 0.493 e. The normalized spacial score (nSPS) is 12.9. The van der Waals surface area contributed by atoms with Gasteiger partial charge in [0.25, 0.3) is 0 Å². The summed E-state index contributed by atoms with van der Waals surface area (Å²) in [5.74, 6) is 0.551. The van der Waals surface area contributed by atoms with Crippen molar-refractivity contribution in [2.75, 3.05) is 21.3 Å². The molecule has 0 fully saturated rings. The number of amides is 1. The second kappa shape index (κ2) is 7.36. The molecule has 0 aromatic heterocycles. The fourth-order valence-electron chi connectivity index (χ4n) is 1.69. The highest BCUT2D eigenvalue weighted by atomic mass is 16.5. The van der Waals surface area contributed by atoms with Gasteiger partial charge in [0.15, 0.2) is 11.5 Å². The Kier molecular flexibility index (Phi) is 5.81. The first-order chi connectivity index (χ1) is 9.58. The number of para-hydroxylation sites is 1. The van der Waals surface area contributed by atoms with Gasteiger partial charge >= 0.3 is 0 Å². The summed E-state index contributed by atoms with van der Waals surface area (Å²) >= 11 is 0. The maximum absolute atomic E-state index is 11.8. The number of carbonyl (C=O) groups excluding carboxylic acids is 1. The monoisotopic (exact) mass is 278 g/mol. The number of nitrogens with zero attached hydrogens (tertiary/aromatic N) is 1. The van der Waals surface area contributed by atoms with E-state index < -0.39 is 12.1 Å². The minimum absolute atomic E-state index is 0.371. The molecule has 2 atom stereocenters. The fourth-order valence-corrected chi connectivity index (χ4v) is 1.69. The Morgan fingerprint density at radius 2 is 2.00 bits per heavy atom. The van der Waals surface area contributed by atoms with Gasteiger partial charge in [-0.2, -0.15) is 5.26 Å². The predicted octanol–water partition coefficient (Wildman–Crippen LogP) is 1.42. The molecule has 0 bridgehead atoms. The van der Waals surface area contributed by atoms with Crippen molar-refractivity contribution in [1.29, 1.82) is 5.26 Å². The van der Waals surface area contributed by atoms with Gasteiger partial charge < -0.3 is 19.5 Å². The van der Waals surface area contributed by atoms with Gasteiger partial charge in [-0.1, -0.05) is 12.1 Å². The Bertz CT molecular complexity index is 510. The van der Waals surface area contributed by atoms with Crippen LogP contribution in [0.4, 0.5) is 0 Å². The molecule has 0 aliphatic rings. The van der Waals surface area contributed by atoms with Gasteiger partial charge in [0.2, 0.25) is 5.91 Å². The molecule has 1 N–H and O–H groups in total. The number of hydrogen-bond acceptors (Lipinski definition) is 5. The van der Waals surface area contributed by atoms with E-state index in [1.165, 1.54) is 21.3 Å². The lowest BCUT2D eigenvalue weighted by molar-refractivity contribution is -0.130. The second-order valence-electron chi connectivity index (χ2n) is 4.03. The molecule has 20 heavy (non-hydrogen) atoms. The number of hydrogen-bond donors (Lipinski definition) is 1. The number of ether oxygens (including phenoxy) is 3. The van der Waals surface area contributed by atoms with E-state index in [0.717, 1.165) is 0 Å². The average Bonchev–Trinajstić information content (AvgIpc) is 2.50. The van der Waals surface area contributed by atoms with E-state index in [1.807, 2.05) is 6.07 Å². The van der Waals surface area contributed by atoms with Crippen LogP contribution in [0.2, 0.25) is 0 Å².